The van der Waals surface area contributed by atoms with Crippen LogP contribution in [0.1, 0.15) is 18.1 Å². The first kappa shape index (κ1) is 30.8. The second-order valence-corrected chi connectivity index (χ2v) is 12.2. The molecule has 0 saturated carbocycles. The fraction of sp³-hybridized carbons (Fsp3) is 0.192. The third kappa shape index (κ3) is 9.44. The third-order valence-electron chi connectivity index (χ3n) is 5.10. The van der Waals surface area contributed by atoms with Crippen LogP contribution in [-0.2, 0) is 26.0 Å². The second kappa shape index (κ2) is 14.6. The van der Waals surface area contributed by atoms with E-state index >= 15 is 0 Å². The van der Waals surface area contributed by atoms with Gasteiger partial charge in [-0.25, -0.2) is 13.8 Å². The molecular formula is C26H26I2N4O6S. The summed E-state index contributed by atoms with van der Waals surface area (Å²) in [6.45, 7) is 1.85. The number of nitrogens with one attached hydrogen (secondary N) is 2. The number of amides is 2. The number of nitrogens with two attached hydrogens (primary N) is 1. The summed E-state index contributed by atoms with van der Waals surface area (Å²) in [7, 11) is -3.98. The molecule has 10 nitrogen and oxygen atoms in total. The van der Waals surface area contributed by atoms with Crippen LogP contribution in [0, 0.1) is 7.14 Å². The SMILES string of the molecule is CCOc1cc(/C=N\NC(=O)[C@@H](Cc2ccccc2)NS(=O)(=O)c2ccc(I)cc2)cc(I)c1OCC(N)=O. The fourth-order valence-electron chi connectivity index (χ4n) is 3.36. The van der Waals surface area contributed by atoms with E-state index in [2.05, 4.69) is 37.8 Å². The molecule has 0 fully saturated rings. The van der Waals surface area contributed by atoms with Gasteiger partial charge in [0.1, 0.15) is 6.04 Å². The van der Waals surface area contributed by atoms with Crippen molar-refractivity contribution in [3.05, 3.63) is 85.0 Å². The maximum absolute atomic E-state index is 13.1. The van der Waals surface area contributed by atoms with Crippen LogP contribution in [0.4, 0.5) is 0 Å². The smallest absolute Gasteiger partial charge is 0.258 e. The van der Waals surface area contributed by atoms with E-state index < -0.39 is 27.9 Å². The summed E-state index contributed by atoms with van der Waals surface area (Å²) in [5.74, 6) is -0.509. The number of hydrogen-bond donors (Lipinski definition) is 3. The summed E-state index contributed by atoms with van der Waals surface area (Å²) in [4.78, 5) is 24.3. The van der Waals surface area contributed by atoms with Gasteiger partial charge in [0.25, 0.3) is 11.8 Å². The number of benzene rings is 3. The first-order valence-electron chi connectivity index (χ1n) is 11.6. The standard InChI is InChI=1S/C26H26I2N4O6S/c1-2-37-23-14-18(12-21(28)25(23)38-16-24(29)33)15-30-31-26(34)22(13-17-6-4-3-5-7-17)32-39(35,36)20-10-8-19(27)9-11-20/h3-12,14-15,22,32H,2,13,16H2,1H3,(H2,29,33)(H,31,34)/b30-15-/t22-/m1/s1. The Morgan fingerprint density at radius 3 is 2.38 bits per heavy atom. The number of carbonyl (C=O) groups excluding carboxylic acids is 2. The van der Waals surface area contributed by atoms with E-state index in [0.717, 1.165) is 9.13 Å². The lowest BCUT2D eigenvalue weighted by atomic mass is 10.1. The molecule has 2 amide bonds. The molecule has 0 aliphatic heterocycles. The van der Waals surface area contributed by atoms with Crippen molar-refractivity contribution in [2.75, 3.05) is 13.2 Å². The average molecular weight is 776 g/mol. The maximum atomic E-state index is 13.1. The number of primary amides is 1. The van der Waals surface area contributed by atoms with E-state index in [-0.39, 0.29) is 17.9 Å². The number of hydrogen-bond acceptors (Lipinski definition) is 7. The molecule has 0 heterocycles. The zero-order chi connectivity index (χ0) is 28.4. The van der Waals surface area contributed by atoms with Gasteiger partial charge < -0.3 is 15.2 Å². The van der Waals surface area contributed by atoms with Crippen LogP contribution in [0.5, 0.6) is 11.5 Å². The lowest BCUT2D eigenvalue weighted by Gasteiger charge is -2.17. The van der Waals surface area contributed by atoms with Crippen LogP contribution >= 0.6 is 45.2 Å². The van der Waals surface area contributed by atoms with Crippen LogP contribution in [0.25, 0.3) is 0 Å². The lowest BCUT2D eigenvalue weighted by molar-refractivity contribution is -0.122. The summed E-state index contributed by atoms with van der Waals surface area (Å²) in [5.41, 5.74) is 8.95. The monoisotopic (exact) mass is 776 g/mol. The molecule has 3 rings (SSSR count). The van der Waals surface area contributed by atoms with Gasteiger partial charge in [-0.05, 0) is 106 Å². The molecular weight excluding hydrogens is 750 g/mol. The molecule has 0 aromatic heterocycles. The largest absolute Gasteiger partial charge is 0.490 e. The van der Waals surface area contributed by atoms with Crippen molar-refractivity contribution in [3.63, 3.8) is 0 Å². The Morgan fingerprint density at radius 1 is 1.05 bits per heavy atom. The molecule has 0 aliphatic carbocycles. The number of sulfonamides is 1. The van der Waals surface area contributed by atoms with Crippen molar-refractivity contribution in [2.24, 2.45) is 10.8 Å². The molecule has 1 atom stereocenters. The topological polar surface area (TPSA) is 149 Å². The van der Waals surface area contributed by atoms with E-state index in [1.54, 1.807) is 31.2 Å². The van der Waals surface area contributed by atoms with Crippen molar-refractivity contribution in [2.45, 2.75) is 24.3 Å². The number of carbonyl (C=O) groups is 2. The van der Waals surface area contributed by atoms with Crippen molar-refractivity contribution in [1.29, 1.82) is 0 Å². The number of hydrazone groups is 1. The van der Waals surface area contributed by atoms with Gasteiger partial charge in [-0.2, -0.15) is 9.82 Å². The van der Waals surface area contributed by atoms with Gasteiger partial charge in [-0.1, -0.05) is 30.3 Å². The molecule has 3 aromatic carbocycles. The number of ether oxygens (including phenoxy) is 2. The molecule has 0 radical (unpaired) electrons. The van der Waals surface area contributed by atoms with E-state index in [1.165, 1.54) is 18.3 Å². The first-order chi connectivity index (χ1) is 18.6. The molecule has 0 unspecified atom stereocenters. The fourth-order valence-corrected chi connectivity index (χ4v) is 5.70. The Hall–Kier alpha value is -2.76. The molecule has 4 N–H and O–H groups in total. The minimum atomic E-state index is -3.98. The Balaban J connectivity index is 1.80. The molecule has 13 heteroatoms. The van der Waals surface area contributed by atoms with Gasteiger partial charge in [0, 0.05) is 3.57 Å². The number of halogens is 2. The Bertz CT molecular complexity index is 1430. The molecule has 0 saturated heterocycles. The highest BCUT2D eigenvalue weighted by atomic mass is 127. The van der Waals surface area contributed by atoms with Crippen LogP contribution in [0.15, 0.2) is 76.7 Å². The van der Waals surface area contributed by atoms with Crippen molar-refractivity contribution >= 4 is 73.2 Å². The average Bonchev–Trinajstić information content (AvgIpc) is 2.88. The normalized spacial score (nSPS) is 12.2. The van der Waals surface area contributed by atoms with Gasteiger partial charge in [0.05, 0.1) is 21.3 Å². The van der Waals surface area contributed by atoms with Crippen LogP contribution < -0.4 is 25.4 Å². The quantitative estimate of drug-likeness (QED) is 0.138. The van der Waals surface area contributed by atoms with Gasteiger partial charge in [-0.3, -0.25) is 9.59 Å². The highest BCUT2D eigenvalue weighted by Gasteiger charge is 2.26. The Kier molecular flexibility index (Phi) is 11.5. The first-order valence-corrected chi connectivity index (χ1v) is 15.2. The Labute approximate surface area is 254 Å². The highest BCUT2D eigenvalue weighted by molar-refractivity contribution is 14.1. The Morgan fingerprint density at radius 2 is 1.74 bits per heavy atom. The lowest BCUT2D eigenvalue weighted by Crippen LogP contribution is -2.46. The molecule has 0 spiro atoms. The summed E-state index contributed by atoms with van der Waals surface area (Å²) in [6, 6.07) is 17.6. The van der Waals surface area contributed by atoms with Crippen molar-refractivity contribution < 1.29 is 27.5 Å². The summed E-state index contributed by atoms with van der Waals surface area (Å²) < 4.78 is 41.2. The van der Waals surface area contributed by atoms with Crippen LogP contribution in [0.2, 0.25) is 0 Å². The van der Waals surface area contributed by atoms with E-state index in [0.29, 0.717) is 27.2 Å². The number of rotatable bonds is 13. The van der Waals surface area contributed by atoms with E-state index in [4.69, 9.17) is 15.2 Å². The zero-order valence-corrected chi connectivity index (χ0v) is 25.9. The van der Waals surface area contributed by atoms with Crippen LogP contribution in [0.3, 0.4) is 0 Å². The van der Waals surface area contributed by atoms with Gasteiger partial charge in [0.2, 0.25) is 10.0 Å². The second-order valence-electron chi connectivity index (χ2n) is 8.07. The molecule has 3 aromatic rings. The maximum Gasteiger partial charge on any atom is 0.258 e. The predicted octanol–water partition coefficient (Wildman–Crippen LogP) is 3.20. The minimum absolute atomic E-state index is 0.0500. The molecule has 206 valence electrons. The summed E-state index contributed by atoms with van der Waals surface area (Å²) in [5, 5.41) is 4.03. The van der Waals surface area contributed by atoms with E-state index in [9.17, 15) is 18.0 Å². The van der Waals surface area contributed by atoms with Crippen molar-refractivity contribution in [1.82, 2.24) is 10.1 Å². The summed E-state index contributed by atoms with van der Waals surface area (Å²) in [6.07, 6.45) is 1.51. The molecule has 0 aliphatic rings. The van der Waals surface area contributed by atoms with Crippen LogP contribution in [-0.4, -0.2) is 45.7 Å². The minimum Gasteiger partial charge on any atom is -0.490 e. The van der Waals surface area contributed by atoms with Gasteiger partial charge in [-0.15, -0.1) is 0 Å². The zero-order valence-electron chi connectivity index (χ0n) is 20.8. The number of nitrogens with zero attached hydrogens (tertiary/aromatic N) is 1. The van der Waals surface area contributed by atoms with E-state index in [1.807, 2.05) is 52.9 Å². The molecule has 0 bridgehead atoms. The molecule has 39 heavy (non-hydrogen) atoms. The van der Waals surface area contributed by atoms with Gasteiger partial charge >= 0.3 is 0 Å². The van der Waals surface area contributed by atoms with Gasteiger partial charge in [0.15, 0.2) is 18.1 Å². The third-order valence-corrected chi connectivity index (χ3v) is 8.11. The van der Waals surface area contributed by atoms with Crippen molar-refractivity contribution in [3.8, 4) is 11.5 Å². The highest BCUT2D eigenvalue weighted by Crippen LogP contribution is 2.33. The predicted molar refractivity (Wildman–Crippen MR) is 164 cm³/mol. The summed E-state index contributed by atoms with van der Waals surface area (Å²) >= 11 is 4.11.